The highest BCUT2D eigenvalue weighted by atomic mass is 35.5. The van der Waals surface area contributed by atoms with E-state index in [4.69, 9.17) is 11.6 Å². The average molecular weight is 360 g/mol. The SMILES string of the molecule is Cc1ccc(NC(=O)c2cc(N3CCN(C=O)CC3)ncn2)cc1Cl. The molecule has 2 amide bonds. The summed E-state index contributed by atoms with van der Waals surface area (Å²) in [6.45, 7) is 4.51. The van der Waals surface area contributed by atoms with Crippen LogP contribution in [0.25, 0.3) is 0 Å². The highest BCUT2D eigenvalue weighted by Gasteiger charge is 2.18. The number of amides is 2. The number of aryl methyl sites for hydroxylation is 1. The lowest BCUT2D eigenvalue weighted by molar-refractivity contribution is -0.118. The Kier molecular flexibility index (Phi) is 5.14. The zero-order chi connectivity index (χ0) is 17.8. The molecule has 1 fully saturated rings. The molecule has 1 aliphatic rings. The number of anilines is 2. The van der Waals surface area contributed by atoms with Gasteiger partial charge < -0.3 is 15.1 Å². The predicted molar refractivity (Wildman–Crippen MR) is 96.0 cm³/mol. The van der Waals surface area contributed by atoms with Crippen molar-refractivity contribution in [2.24, 2.45) is 0 Å². The Hall–Kier alpha value is -2.67. The second-order valence-electron chi connectivity index (χ2n) is 5.81. The van der Waals surface area contributed by atoms with Crippen LogP contribution in [0.4, 0.5) is 11.5 Å². The molecule has 0 saturated carbocycles. The number of hydrogen-bond donors (Lipinski definition) is 1. The van der Waals surface area contributed by atoms with E-state index >= 15 is 0 Å². The Bertz CT molecular complexity index is 790. The van der Waals surface area contributed by atoms with Crippen LogP contribution in [0, 0.1) is 6.92 Å². The summed E-state index contributed by atoms with van der Waals surface area (Å²) in [7, 11) is 0. The lowest BCUT2D eigenvalue weighted by Crippen LogP contribution is -2.46. The highest BCUT2D eigenvalue weighted by Crippen LogP contribution is 2.21. The fourth-order valence-corrected chi connectivity index (χ4v) is 2.75. The van der Waals surface area contributed by atoms with Gasteiger partial charge in [0.25, 0.3) is 5.91 Å². The number of nitrogens with one attached hydrogen (secondary N) is 1. The van der Waals surface area contributed by atoms with Crippen LogP contribution in [-0.2, 0) is 4.79 Å². The van der Waals surface area contributed by atoms with Gasteiger partial charge in [0.05, 0.1) is 0 Å². The molecule has 25 heavy (non-hydrogen) atoms. The van der Waals surface area contributed by atoms with Crippen molar-refractivity contribution < 1.29 is 9.59 Å². The maximum atomic E-state index is 12.4. The van der Waals surface area contributed by atoms with E-state index in [-0.39, 0.29) is 11.6 Å². The first-order valence-electron chi connectivity index (χ1n) is 7.90. The van der Waals surface area contributed by atoms with Crippen molar-refractivity contribution in [1.82, 2.24) is 14.9 Å². The van der Waals surface area contributed by atoms with E-state index in [2.05, 4.69) is 15.3 Å². The molecule has 1 aliphatic heterocycles. The minimum Gasteiger partial charge on any atom is -0.353 e. The van der Waals surface area contributed by atoms with Crippen molar-refractivity contribution in [3.63, 3.8) is 0 Å². The van der Waals surface area contributed by atoms with Gasteiger partial charge in [0.2, 0.25) is 6.41 Å². The number of rotatable bonds is 4. The Balaban J connectivity index is 1.71. The smallest absolute Gasteiger partial charge is 0.274 e. The fraction of sp³-hybridized carbons (Fsp3) is 0.294. The maximum Gasteiger partial charge on any atom is 0.274 e. The van der Waals surface area contributed by atoms with E-state index in [1.54, 1.807) is 23.1 Å². The molecule has 0 aliphatic carbocycles. The number of nitrogens with zero attached hydrogens (tertiary/aromatic N) is 4. The van der Waals surface area contributed by atoms with Crippen LogP contribution in [0.2, 0.25) is 5.02 Å². The normalized spacial score (nSPS) is 14.3. The second-order valence-corrected chi connectivity index (χ2v) is 6.22. The van der Waals surface area contributed by atoms with Gasteiger partial charge in [0, 0.05) is 43.0 Å². The van der Waals surface area contributed by atoms with Crippen LogP contribution in [0.5, 0.6) is 0 Å². The number of piperazine rings is 1. The van der Waals surface area contributed by atoms with Crippen molar-refractivity contribution in [2.45, 2.75) is 6.92 Å². The van der Waals surface area contributed by atoms with Gasteiger partial charge in [-0.3, -0.25) is 9.59 Å². The first kappa shape index (κ1) is 17.2. The molecule has 0 radical (unpaired) electrons. The van der Waals surface area contributed by atoms with Crippen molar-refractivity contribution in [2.75, 3.05) is 36.4 Å². The fourth-order valence-electron chi connectivity index (χ4n) is 2.57. The Labute approximate surface area is 150 Å². The lowest BCUT2D eigenvalue weighted by atomic mass is 10.2. The summed E-state index contributed by atoms with van der Waals surface area (Å²) in [6, 6.07) is 6.99. The van der Waals surface area contributed by atoms with E-state index in [9.17, 15) is 9.59 Å². The molecule has 1 N–H and O–H groups in total. The van der Waals surface area contributed by atoms with Gasteiger partial charge in [-0.2, -0.15) is 0 Å². The van der Waals surface area contributed by atoms with Gasteiger partial charge in [0.1, 0.15) is 17.8 Å². The largest absolute Gasteiger partial charge is 0.353 e. The van der Waals surface area contributed by atoms with Gasteiger partial charge in [-0.25, -0.2) is 9.97 Å². The van der Waals surface area contributed by atoms with Crippen LogP contribution in [0.3, 0.4) is 0 Å². The second kappa shape index (κ2) is 7.48. The van der Waals surface area contributed by atoms with Crippen molar-refractivity contribution >= 4 is 35.4 Å². The van der Waals surface area contributed by atoms with Crippen molar-refractivity contribution in [3.8, 4) is 0 Å². The first-order chi connectivity index (χ1) is 12.1. The summed E-state index contributed by atoms with van der Waals surface area (Å²) in [5.74, 6) is 0.350. The van der Waals surface area contributed by atoms with Crippen LogP contribution < -0.4 is 10.2 Å². The van der Waals surface area contributed by atoms with Gasteiger partial charge in [0.15, 0.2) is 0 Å². The minimum atomic E-state index is -0.324. The van der Waals surface area contributed by atoms with E-state index in [1.165, 1.54) is 6.33 Å². The number of aromatic nitrogens is 2. The van der Waals surface area contributed by atoms with Crippen molar-refractivity contribution in [3.05, 3.63) is 46.9 Å². The molecular weight excluding hydrogens is 342 g/mol. The van der Waals surface area contributed by atoms with Gasteiger partial charge in [-0.15, -0.1) is 0 Å². The molecule has 0 unspecified atom stereocenters. The van der Waals surface area contributed by atoms with E-state index < -0.39 is 0 Å². The topological polar surface area (TPSA) is 78.4 Å². The molecule has 3 rings (SSSR count). The van der Waals surface area contributed by atoms with E-state index in [1.807, 2.05) is 17.9 Å². The van der Waals surface area contributed by atoms with E-state index in [0.717, 1.165) is 12.0 Å². The summed E-state index contributed by atoms with van der Waals surface area (Å²) < 4.78 is 0. The quantitative estimate of drug-likeness (QED) is 0.844. The molecule has 1 saturated heterocycles. The van der Waals surface area contributed by atoms with Gasteiger partial charge >= 0.3 is 0 Å². The summed E-state index contributed by atoms with van der Waals surface area (Å²) in [5.41, 5.74) is 1.83. The average Bonchev–Trinajstić information content (AvgIpc) is 2.65. The molecule has 0 spiro atoms. The summed E-state index contributed by atoms with van der Waals surface area (Å²) in [4.78, 5) is 35.2. The van der Waals surface area contributed by atoms with Crippen molar-refractivity contribution in [1.29, 1.82) is 0 Å². The Morgan fingerprint density at radius 1 is 1.20 bits per heavy atom. The predicted octanol–water partition coefficient (Wildman–Crippen LogP) is 1.97. The minimum absolute atomic E-state index is 0.277. The monoisotopic (exact) mass is 359 g/mol. The summed E-state index contributed by atoms with van der Waals surface area (Å²) >= 11 is 6.08. The molecule has 0 atom stereocenters. The lowest BCUT2D eigenvalue weighted by Gasteiger charge is -2.33. The Morgan fingerprint density at radius 3 is 2.64 bits per heavy atom. The molecule has 2 aromatic rings. The number of benzene rings is 1. The third-order valence-corrected chi connectivity index (χ3v) is 4.51. The van der Waals surface area contributed by atoms with Crippen LogP contribution in [-0.4, -0.2) is 53.4 Å². The summed E-state index contributed by atoms with van der Waals surface area (Å²) in [6.07, 6.45) is 2.22. The molecule has 0 bridgehead atoms. The molecule has 1 aromatic carbocycles. The molecule has 1 aromatic heterocycles. The molecule has 7 nitrogen and oxygen atoms in total. The molecule has 2 heterocycles. The number of hydrogen-bond acceptors (Lipinski definition) is 5. The standard InChI is InChI=1S/C17H18ClN5O2/c1-12-2-3-13(8-14(12)18)21-17(25)15-9-16(20-10-19-15)23-6-4-22(11-24)5-7-23/h2-3,8-11H,4-7H2,1H3,(H,21,25). The Morgan fingerprint density at radius 2 is 1.96 bits per heavy atom. The molecule has 130 valence electrons. The molecular formula is C17H18ClN5O2. The third kappa shape index (κ3) is 4.06. The molecule has 8 heteroatoms. The maximum absolute atomic E-state index is 12.4. The number of carbonyl (C=O) groups is 2. The third-order valence-electron chi connectivity index (χ3n) is 4.10. The van der Waals surface area contributed by atoms with Crippen LogP contribution >= 0.6 is 11.6 Å². The first-order valence-corrected chi connectivity index (χ1v) is 8.28. The van der Waals surface area contributed by atoms with Crippen LogP contribution in [0.1, 0.15) is 16.1 Å². The highest BCUT2D eigenvalue weighted by molar-refractivity contribution is 6.31. The zero-order valence-electron chi connectivity index (χ0n) is 13.8. The number of carbonyl (C=O) groups excluding carboxylic acids is 2. The zero-order valence-corrected chi connectivity index (χ0v) is 14.5. The van der Waals surface area contributed by atoms with Gasteiger partial charge in [-0.05, 0) is 24.6 Å². The van der Waals surface area contributed by atoms with Crippen LogP contribution in [0.15, 0.2) is 30.6 Å². The van der Waals surface area contributed by atoms with E-state index in [0.29, 0.717) is 42.7 Å². The number of halogens is 1. The summed E-state index contributed by atoms with van der Waals surface area (Å²) in [5, 5.41) is 3.38. The van der Waals surface area contributed by atoms with Gasteiger partial charge in [-0.1, -0.05) is 17.7 Å².